The molecule has 1 heterocycles. The first-order chi connectivity index (χ1) is 14.4. The van der Waals surface area contributed by atoms with Crippen LogP contribution in [0, 0.1) is 13.8 Å². The molecule has 5 nitrogen and oxygen atoms in total. The van der Waals surface area contributed by atoms with E-state index >= 15 is 0 Å². The molecule has 0 bridgehead atoms. The van der Waals surface area contributed by atoms with Gasteiger partial charge >= 0.3 is 0 Å². The third-order valence-electron chi connectivity index (χ3n) is 4.98. The van der Waals surface area contributed by atoms with Gasteiger partial charge in [0.1, 0.15) is 5.03 Å². The second-order valence-electron chi connectivity index (χ2n) is 7.47. The summed E-state index contributed by atoms with van der Waals surface area (Å²) in [5.74, 6) is 0.222. The molecule has 3 aromatic rings. The molecule has 0 spiro atoms. The highest BCUT2D eigenvalue weighted by Gasteiger charge is 2.10. The summed E-state index contributed by atoms with van der Waals surface area (Å²) >= 11 is 1.33. The van der Waals surface area contributed by atoms with E-state index in [0.717, 1.165) is 29.7 Å². The number of benzene rings is 2. The van der Waals surface area contributed by atoms with Crippen LogP contribution in [0.15, 0.2) is 70.5 Å². The van der Waals surface area contributed by atoms with Gasteiger partial charge < -0.3 is 5.32 Å². The summed E-state index contributed by atoms with van der Waals surface area (Å²) in [6.45, 7) is 6.05. The predicted molar refractivity (Wildman–Crippen MR) is 122 cm³/mol. The maximum absolute atomic E-state index is 12.3. The summed E-state index contributed by atoms with van der Waals surface area (Å²) in [6.07, 6.45) is 1.81. The Kier molecular flexibility index (Phi) is 7.46. The van der Waals surface area contributed by atoms with Crippen LogP contribution in [0.4, 0.5) is 0 Å². The Morgan fingerprint density at radius 1 is 1.07 bits per heavy atom. The van der Waals surface area contributed by atoms with Crippen LogP contribution in [-0.4, -0.2) is 27.5 Å². The van der Waals surface area contributed by atoms with Crippen LogP contribution >= 0.6 is 11.8 Å². The number of aryl methyl sites for hydroxylation is 3. The van der Waals surface area contributed by atoms with Gasteiger partial charge in [0.15, 0.2) is 0 Å². The molecule has 1 atom stereocenters. The van der Waals surface area contributed by atoms with E-state index in [1.807, 2.05) is 57.2 Å². The number of thioether (sulfide) groups is 1. The topological polar surface area (TPSA) is 64.0 Å². The minimum absolute atomic E-state index is 0.0358. The first kappa shape index (κ1) is 21.8. The molecular formula is C24H27N3O2S. The average molecular weight is 422 g/mol. The van der Waals surface area contributed by atoms with Crippen molar-refractivity contribution in [2.75, 3.05) is 5.75 Å². The van der Waals surface area contributed by atoms with Crippen molar-refractivity contribution >= 4 is 17.7 Å². The smallest absolute Gasteiger partial charge is 0.271 e. The highest BCUT2D eigenvalue weighted by molar-refractivity contribution is 7.99. The van der Waals surface area contributed by atoms with Crippen LogP contribution in [0.1, 0.15) is 30.0 Å². The Morgan fingerprint density at radius 2 is 1.83 bits per heavy atom. The van der Waals surface area contributed by atoms with E-state index in [0.29, 0.717) is 5.03 Å². The molecule has 0 fully saturated rings. The molecule has 1 aromatic heterocycles. The first-order valence-corrected chi connectivity index (χ1v) is 11.0. The summed E-state index contributed by atoms with van der Waals surface area (Å²) < 4.78 is 1.38. The number of carbonyl (C=O) groups is 1. The number of nitrogens with one attached hydrogen (secondary N) is 1. The predicted octanol–water partition coefficient (Wildman–Crippen LogP) is 4.08. The van der Waals surface area contributed by atoms with Gasteiger partial charge in [0.25, 0.3) is 5.56 Å². The van der Waals surface area contributed by atoms with E-state index < -0.39 is 0 Å². The van der Waals surface area contributed by atoms with Gasteiger partial charge in [0.05, 0.1) is 11.4 Å². The number of rotatable bonds is 8. The third-order valence-corrected chi connectivity index (χ3v) is 5.90. The number of aromatic nitrogens is 2. The summed E-state index contributed by atoms with van der Waals surface area (Å²) in [7, 11) is 0. The van der Waals surface area contributed by atoms with Crippen LogP contribution in [-0.2, 0) is 11.2 Å². The highest BCUT2D eigenvalue weighted by Crippen LogP contribution is 2.16. The number of hydrogen-bond donors (Lipinski definition) is 1. The molecule has 0 saturated carbocycles. The van der Waals surface area contributed by atoms with Gasteiger partial charge in [0, 0.05) is 12.1 Å². The fourth-order valence-corrected chi connectivity index (χ4v) is 3.74. The normalized spacial score (nSPS) is 11.8. The molecule has 1 amide bonds. The number of carbonyl (C=O) groups excluding carboxylic acids is 1. The lowest BCUT2D eigenvalue weighted by Crippen LogP contribution is -2.34. The van der Waals surface area contributed by atoms with Gasteiger partial charge in [-0.3, -0.25) is 9.59 Å². The molecule has 0 radical (unpaired) electrons. The van der Waals surface area contributed by atoms with Crippen molar-refractivity contribution in [2.24, 2.45) is 0 Å². The maximum atomic E-state index is 12.3. The lowest BCUT2D eigenvalue weighted by atomic mass is 10.1. The molecular weight excluding hydrogens is 394 g/mol. The molecule has 0 aliphatic carbocycles. The highest BCUT2D eigenvalue weighted by atomic mass is 32.2. The van der Waals surface area contributed by atoms with E-state index in [-0.39, 0.29) is 23.3 Å². The van der Waals surface area contributed by atoms with E-state index in [4.69, 9.17) is 0 Å². The zero-order valence-electron chi connectivity index (χ0n) is 17.6. The van der Waals surface area contributed by atoms with Crippen molar-refractivity contribution in [3.8, 4) is 5.69 Å². The molecule has 3 rings (SSSR count). The van der Waals surface area contributed by atoms with Gasteiger partial charge in [0.2, 0.25) is 5.91 Å². The second-order valence-corrected chi connectivity index (χ2v) is 8.47. The van der Waals surface area contributed by atoms with Crippen molar-refractivity contribution in [3.63, 3.8) is 0 Å². The van der Waals surface area contributed by atoms with Gasteiger partial charge in [-0.1, -0.05) is 48.2 Å². The Balaban J connectivity index is 1.55. The summed E-state index contributed by atoms with van der Waals surface area (Å²) in [5, 5.41) is 8.10. The van der Waals surface area contributed by atoms with Crippen molar-refractivity contribution in [1.29, 1.82) is 0 Å². The summed E-state index contributed by atoms with van der Waals surface area (Å²) in [4.78, 5) is 24.6. The molecule has 0 aliphatic rings. The quantitative estimate of drug-likeness (QED) is 0.557. The number of nitrogens with zero attached hydrogens (tertiary/aromatic N) is 2. The molecule has 2 aromatic carbocycles. The molecule has 6 heteroatoms. The van der Waals surface area contributed by atoms with Crippen LogP contribution < -0.4 is 10.9 Å². The average Bonchev–Trinajstić information content (AvgIpc) is 2.74. The van der Waals surface area contributed by atoms with E-state index in [1.165, 1.54) is 28.1 Å². The maximum Gasteiger partial charge on any atom is 0.271 e. The van der Waals surface area contributed by atoms with E-state index in [1.54, 1.807) is 6.07 Å². The van der Waals surface area contributed by atoms with Crippen LogP contribution in [0.2, 0.25) is 0 Å². The van der Waals surface area contributed by atoms with Crippen LogP contribution in [0.5, 0.6) is 0 Å². The van der Waals surface area contributed by atoms with Crippen molar-refractivity contribution in [3.05, 3.63) is 87.7 Å². The Labute approximate surface area is 181 Å². The third kappa shape index (κ3) is 6.07. The number of hydrogen-bond acceptors (Lipinski definition) is 4. The lowest BCUT2D eigenvalue weighted by Gasteiger charge is -2.14. The molecule has 0 aliphatic heterocycles. The van der Waals surface area contributed by atoms with Gasteiger partial charge in [-0.15, -0.1) is 0 Å². The van der Waals surface area contributed by atoms with Crippen molar-refractivity contribution < 1.29 is 4.79 Å². The monoisotopic (exact) mass is 421 g/mol. The molecule has 0 unspecified atom stereocenters. The lowest BCUT2D eigenvalue weighted by molar-refractivity contribution is -0.119. The van der Waals surface area contributed by atoms with Crippen LogP contribution in [0.25, 0.3) is 5.69 Å². The van der Waals surface area contributed by atoms with E-state index in [2.05, 4.69) is 22.5 Å². The largest absolute Gasteiger partial charge is 0.353 e. The minimum Gasteiger partial charge on any atom is -0.353 e. The summed E-state index contributed by atoms with van der Waals surface area (Å²) in [5.41, 5.74) is 4.07. The summed E-state index contributed by atoms with van der Waals surface area (Å²) in [6, 6.07) is 19.3. The molecule has 156 valence electrons. The van der Waals surface area contributed by atoms with Crippen molar-refractivity contribution in [2.45, 2.75) is 44.7 Å². The van der Waals surface area contributed by atoms with Gasteiger partial charge in [-0.05, 0) is 68.5 Å². The molecule has 0 saturated heterocycles. The van der Waals surface area contributed by atoms with Crippen molar-refractivity contribution in [1.82, 2.24) is 15.1 Å². The van der Waals surface area contributed by atoms with Gasteiger partial charge in [-0.25, -0.2) is 0 Å². The fraction of sp³-hybridized carbons (Fsp3) is 0.292. The fourth-order valence-electron chi connectivity index (χ4n) is 3.07. The van der Waals surface area contributed by atoms with Crippen LogP contribution in [0.3, 0.4) is 0 Å². The van der Waals surface area contributed by atoms with Gasteiger partial charge in [-0.2, -0.15) is 9.78 Å². The minimum atomic E-state index is -0.193. The zero-order valence-corrected chi connectivity index (χ0v) is 18.4. The second kappa shape index (κ2) is 10.3. The SMILES string of the molecule is Cc1ccc(-n2nc(SCC(=O)N[C@@H](C)CCc3ccccc3)ccc2=O)cc1C. The Morgan fingerprint density at radius 3 is 2.57 bits per heavy atom. The standard InChI is InChI=1S/C24H27N3O2S/c1-17-9-12-21(15-18(17)2)27-24(29)14-13-23(26-27)30-16-22(28)25-19(3)10-11-20-7-5-4-6-8-20/h4-9,12-15,19H,10-11,16H2,1-3H3,(H,25,28)/t19-/m0/s1. The Bertz CT molecular complexity index is 1060. The first-order valence-electron chi connectivity index (χ1n) is 10.1. The molecule has 30 heavy (non-hydrogen) atoms. The Hall–Kier alpha value is -2.86. The number of amides is 1. The molecule has 1 N–H and O–H groups in total. The van der Waals surface area contributed by atoms with E-state index in [9.17, 15) is 9.59 Å². The zero-order chi connectivity index (χ0) is 21.5.